The van der Waals surface area contributed by atoms with Crippen molar-refractivity contribution in [3.05, 3.63) is 65.2 Å². The maximum absolute atomic E-state index is 12.7. The van der Waals surface area contributed by atoms with Crippen molar-refractivity contribution < 1.29 is 18.0 Å². The van der Waals surface area contributed by atoms with E-state index >= 15 is 0 Å². The number of nitrogens with zero attached hydrogens (tertiary/aromatic N) is 1. The van der Waals surface area contributed by atoms with E-state index in [9.17, 15) is 18.0 Å². The van der Waals surface area contributed by atoms with Gasteiger partial charge in [0.05, 0.1) is 11.3 Å². The van der Waals surface area contributed by atoms with E-state index in [1.165, 1.54) is 12.2 Å². The largest absolute Gasteiger partial charge is 0.416 e. The highest BCUT2D eigenvalue weighted by atomic mass is 19.4. The highest BCUT2D eigenvalue weighted by Crippen LogP contribution is 2.33. The highest BCUT2D eigenvalue weighted by Gasteiger charge is 2.30. The molecule has 0 aromatic heterocycles. The summed E-state index contributed by atoms with van der Waals surface area (Å²) in [7, 11) is 0. The summed E-state index contributed by atoms with van der Waals surface area (Å²) in [6, 6.07) is 12.1. The molecule has 0 amide bonds. The molecule has 0 heterocycles. The van der Waals surface area contributed by atoms with Gasteiger partial charge in [-0.3, -0.25) is 0 Å². The first-order valence-electron chi connectivity index (χ1n) is 6.03. The van der Waals surface area contributed by atoms with Crippen LogP contribution in [0.3, 0.4) is 0 Å². The number of aliphatic imine (C=N–C) groups is 1. The van der Waals surface area contributed by atoms with E-state index in [1.54, 1.807) is 6.08 Å². The zero-order chi connectivity index (χ0) is 15.3. The summed E-state index contributed by atoms with van der Waals surface area (Å²) in [4.78, 5) is 13.8. The number of rotatable bonds is 3. The van der Waals surface area contributed by atoms with Crippen LogP contribution in [0.1, 0.15) is 16.7 Å². The number of isocyanates is 1. The van der Waals surface area contributed by atoms with Crippen LogP contribution in [-0.4, -0.2) is 6.08 Å². The minimum Gasteiger partial charge on any atom is -0.211 e. The van der Waals surface area contributed by atoms with E-state index in [1.807, 2.05) is 30.3 Å². The fourth-order valence-electron chi connectivity index (χ4n) is 1.77. The van der Waals surface area contributed by atoms with Gasteiger partial charge in [0.1, 0.15) is 0 Å². The zero-order valence-electron chi connectivity index (χ0n) is 10.8. The third-order valence-electron chi connectivity index (χ3n) is 2.78. The van der Waals surface area contributed by atoms with Gasteiger partial charge in [-0.2, -0.15) is 18.2 Å². The number of alkyl halides is 3. The van der Waals surface area contributed by atoms with Gasteiger partial charge < -0.3 is 0 Å². The molecule has 0 N–H and O–H groups in total. The topological polar surface area (TPSA) is 29.4 Å². The number of hydrogen-bond acceptors (Lipinski definition) is 2. The van der Waals surface area contributed by atoms with E-state index in [2.05, 4.69) is 4.99 Å². The monoisotopic (exact) mass is 289 g/mol. The first kappa shape index (κ1) is 14.8. The van der Waals surface area contributed by atoms with Crippen molar-refractivity contribution in [2.45, 2.75) is 6.18 Å². The van der Waals surface area contributed by atoms with Crippen molar-refractivity contribution >= 4 is 23.9 Å². The van der Waals surface area contributed by atoms with E-state index in [0.29, 0.717) is 0 Å². The summed E-state index contributed by atoms with van der Waals surface area (Å²) in [5.74, 6) is 0. The molecule has 5 heteroatoms. The molecule has 21 heavy (non-hydrogen) atoms. The van der Waals surface area contributed by atoms with Crippen LogP contribution in [0, 0.1) is 0 Å². The number of benzene rings is 2. The van der Waals surface area contributed by atoms with Crippen molar-refractivity contribution in [3.63, 3.8) is 0 Å². The van der Waals surface area contributed by atoms with Gasteiger partial charge in [-0.15, -0.1) is 0 Å². The molecular formula is C16H10F3NO. The summed E-state index contributed by atoms with van der Waals surface area (Å²) in [5.41, 5.74) is 0.387. The molecule has 0 saturated carbocycles. The lowest BCUT2D eigenvalue weighted by Gasteiger charge is -2.08. The predicted molar refractivity (Wildman–Crippen MR) is 74.6 cm³/mol. The maximum Gasteiger partial charge on any atom is 0.416 e. The highest BCUT2D eigenvalue weighted by molar-refractivity contribution is 5.76. The first-order chi connectivity index (χ1) is 10.0. The summed E-state index contributed by atoms with van der Waals surface area (Å²) in [5, 5.41) is 0. The predicted octanol–water partition coefficient (Wildman–Crippen LogP) is 4.84. The van der Waals surface area contributed by atoms with Gasteiger partial charge in [0, 0.05) is 5.56 Å². The van der Waals surface area contributed by atoms with E-state index in [-0.39, 0.29) is 11.3 Å². The lowest BCUT2D eigenvalue weighted by molar-refractivity contribution is -0.137. The molecule has 0 saturated heterocycles. The summed E-state index contributed by atoms with van der Waals surface area (Å²) < 4.78 is 38.1. The second-order valence-corrected chi connectivity index (χ2v) is 4.22. The minimum atomic E-state index is -4.45. The SMILES string of the molecule is O=C=Nc1ccc(C(F)(F)F)cc1/C=C/c1ccccc1. The third-order valence-corrected chi connectivity index (χ3v) is 2.78. The Balaban J connectivity index is 2.44. The van der Waals surface area contributed by atoms with Gasteiger partial charge >= 0.3 is 6.18 Å². The Morgan fingerprint density at radius 3 is 2.33 bits per heavy atom. The Hall–Kier alpha value is -2.65. The zero-order valence-corrected chi connectivity index (χ0v) is 10.8. The molecule has 106 valence electrons. The number of halogens is 3. The molecule has 0 bridgehead atoms. The Morgan fingerprint density at radius 2 is 1.71 bits per heavy atom. The molecule has 2 aromatic rings. The van der Waals surface area contributed by atoms with Gasteiger partial charge in [-0.1, -0.05) is 42.5 Å². The van der Waals surface area contributed by atoms with Crippen LogP contribution in [0.25, 0.3) is 12.2 Å². The van der Waals surface area contributed by atoms with E-state index < -0.39 is 11.7 Å². The van der Waals surface area contributed by atoms with E-state index in [0.717, 1.165) is 23.8 Å². The summed E-state index contributed by atoms with van der Waals surface area (Å²) in [6.45, 7) is 0. The molecule has 0 aliphatic rings. The molecule has 0 unspecified atom stereocenters. The quantitative estimate of drug-likeness (QED) is 0.451. The normalized spacial score (nSPS) is 11.4. The van der Waals surface area contributed by atoms with Crippen molar-refractivity contribution in [1.29, 1.82) is 0 Å². The Bertz CT molecular complexity index is 699. The smallest absolute Gasteiger partial charge is 0.211 e. The summed E-state index contributed by atoms with van der Waals surface area (Å²) in [6.07, 6.45) is 0.0339. The van der Waals surface area contributed by atoms with Crippen molar-refractivity contribution in [1.82, 2.24) is 0 Å². The van der Waals surface area contributed by atoms with Crippen LogP contribution < -0.4 is 0 Å². The third kappa shape index (κ3) is 3.91. The Morgan fingerprint density at radius 1 is 1.00 bits per heavy atom. The molecule has 2 aromatic carbocycles. The Labute approximate surface area is 119 Å². The maximum atomic E-state index is 12.7. The van der Waals surface area contributed by atoms with Gasteiger partial charge in [0.15, 0.2) is 0 Å². The van der Waals surface area contributed by atoms with Crippen LogP contribution in [-0.2, 0) is 11.0 Å². The molecule has 0 atom stereocenters. The van der Waals surface area contributed by atoms with Gasteiger partial charge in [0.25, 0.3) is 0 Å². The van der Waals surface area contributed by atoms with Gasteiger partial charge in [-0.05, 0) is 23.8 Å². The van der Waals surface area contributed by atoms with Crippen LogP contribution >= 0.6 is 0 Å². The molecule has 0 fully saturated rings. The lowest BCUT2D eigenvalue weighted by atomic mass is 10.1. The van der Waals surface area contributed by atoms with Crippen LogP contribution in [0.15, 0.2) is 53.5 Å². The van der Waals surface area contributed by atoms with Gasteiger partial charge in [0.2, 0.25) is 6.08 Å². The average molecular weight is 289 g/mol. The lowest BCUT2D eigenvalue weighted by Crippen LogP contribution is -2.04. The van der Waals surface area contributed by atoms with Gasteiger partial charge in [-0.25, -0.2) is 4.79 Å². The molecule has 0 spiro atoms. The standard InChI is InChI=1S/C16H10F3NO/c17-16(18,19)14-8-9-15(20-11-21)13(10-14)7-6-12-4-2-1-3-5-12/h1-10H/b7-6+. The van der Waals surface area contributed by atoms with E-state index in [4.69, 9.17) is 0 Å². The van der Waals surface area contributed by atoms with Crippen molar-refractivity contribution in [3.8, 4) is 0 Å². The molecule has 0 radical (unpaired) electrons. The molecule has 2 nitrogen and oxygen atoms in total. The average Bonchev–Trinajstić information content (AvgIpc) is 2.46. The van der Waals surface area contributed by atoms with Crippen molar-refractivity contribution in [2.24, 2.45) is 4.99 Å². The molecule has 0 aliphatic carbocycles. The molecule has 2 rings (SSSR count). The van der Waals surface area contributed by atoms with Crippen LogP contribution in [0.4, 0.5) is 18.9 Å². The van der Waals surface area contributed by atoms with Crippen LogP contribution in [0.2, 0.25) is 0 Å². The number of hydrogen-bond donors (Lipinski definition) is 0. The first-order valence-corrected chi connectivity index (χ1v) is 6.03. The summed E-state index contributed by atoms with van der Waals surface area (Å²) >= 11 is 0. The van der Waals surface area contributed by atoms with Crippen molar-refractivity contribution in [2.75, 3.05) is 0 Å². The molecular weight excluding hydrogens is 279 g/mol. The minimum absolute atomic E-state index is 0.144. The number of carbonyl (C=O) groups excluding carboxylic acids is 1. The Kier molecular flexibility index (Phi) is 4.36. The fourth-order valence-corrected chi connectivity index (χ4v) is 1.77. The fraction of sp³-hybridized carbons (Fsp3) is 0.0625. The molecule has 0 aliphatic heterocycles. The second-order valence-electron chi connectivity index (χ2n) is 4.22. The second kappa shape index (κ2) is 6.20. The van der Waals surface area contributed by atoms with Crippen LogP contribution in [0.5, 0.6) is 0 Å².